The van der Waals surface area contributed by atoms with E-state index in [2.05, 4.69) is 59.5 Å². The number of ether oxygens (including phenoxy) is 1. The van der Waals surface area contributed by atoms with E-state index in [1.54, 1.807) is 5.56 Å². The third kappa shape index (κ3) is 3.34. The smallest absolute Gasteiger partial charge is 0.0719 e. The molecule has 0 amide bonds. The van der Waals surface area contributed by atoms with Crippen LogP contribution in [-0.4, -0.2) is 24.6 Å². The fourth-order valence-corrected chi connectivity index (χ4v) is 4.16. The van der Waals surface area contributed by atoms with Gasteiger partial charge in [0.25, 0.3) is 0 Å². The Kier molecular flexibility index (Phi) is 4.45. The van der Waals surface area contributed by atoms with E-state index in [0.717, 1.165) is 25.7 Å². The van der Waals surface area contributed by atoms with Crippen LogP contribution in [0.5, 0.6) is 0 Å². The lowest BCUT2D eigenvalue weighted by atomic mass is 9.78. The van der Waals surface area contributed by atoms with Gasteiger partial charge >= 0.3 is 0 Å². The minimum Gasteiger partial charge on any atom is -0.376 e. The van der Waals surface area contributed by atoms with E-state index < -0.39 is 0 Å². The van der Waals surface area contributed by atoms with Crippen LogP contribution in [-0.2, 0) is 17.9 Å². The van der Waals surface area contributed by atoms with Gasteiger partial charge in [-0.3, -0.25) is 4.90 Å². The highest BCUT2D eigenvalue weighted by Gasteiger charge is 2.31. The molecule has 1 unspecified atom stereocenters. The summed E-state index contributed by atoms with van der Waals surface area (Å²) in [7, 11) is 0. The molecule has 2 aliphatic rings. The molecule has 2 nitrogen and oxygen atoms in total. The molecule has 2 aromatic rings. The van der Waals surface area contributed by atoms with Crippen molar-refractivity contribution in [2.24, 2.45) is 5.92 Å². The Hall–Kier alpha value is -1.64. The third-order valence-electron chi connectivity index (χ3n) is 5.46. The molecule has 2 heterocycles. The molecule has 2 heteroatoms. The molecule has 0 bridgehead atoms. The molecule has 1 saturated heterocycles. The molecule has 0 saturated carbocycles. The van der Waals surface area contributed by atoms with Gasteiger partial charge in [0.2, 0.25) is 0 Å². The number of hydrogen-bond acceptors (Lipinski definition) is 2. The Morgan fingerprint density at radius 2 is 1.65 bits per heavy atom. The van der Waals surface area contributed by atoms with E-state index in [4.69, 9.17) is 4.74 Å². The van der Waals surface area contributed by atoms with Crippen molar-refractivity contribution >= 4 is 0 Å². The first-order chi connectivity index (χ1) is 11.4. The van der Waals surface area contributed by atoms with Gasteiger partial charge in [0.15, 0.2) is 0 Å². The topological polar surface area (TPSA) is 12.5 Å². The molecule has 1 atom stereocenters. The van der Waals surface area contributed by atoms with Gasteiger partial charge in [-0.15, -0.1) is 0 Å². The summed E-state index contributed by atoms with van der Waals surface area (Å²) in [6.45, 7) is 5.20. The standard InChI is InChI=1S/C21H25NO/c1-2-6-17(7-3-1)14-22-12-10-18(11-13-22)21-16-23-15-19-8-4-5-9-20(19)21/h1-9,18,21H,10-16H2. The molecule has 0 N–H and O–H groups in total. The predicted molar refractivity (Wildman–Crippen MR) is 93.3 cm³/mol. The lowest BCUT2D eigenvalue weighted by Gasteiger charge is -2.38. The minimum absolute atomic E-state index is 0.596. The predicted octanol–water partition coefficient (Wildman–Crippen LogP) is 4.21. The summed E-state index contributed by atoms with van der Waals surface area (Å²) >= 11 is 0. The summed E-state index contributed by atoms with van der Waals surface area (Å²) in [4.78, 5) is 2.60. The number of rotatable bonds is 3. The van der Waals surface area contributed by atoms with E-state index in [-0.39, 0.29) is 0 Å². The lowest BCUT2D eigenvalue weighted by Crippen LogP contribution is -2.37. The van der Waals surface area contributed by atoms with Crippen molar-refractivity contribution in [3.8, 4) is 0 Å². The molecule has 2 aliphatic heterocycles. The van der Waals surface area contributed by atoms with Crippen molar-refractivity contribution in [1.82, 2.24) is 4.90 Å². The first-order valence-electron chi connectivity index (χ1n) is 8.82. The molecule has 0 spiro atoms. The second-order valence-electron chi connectivity index (χ2n) is 6.92. The van der Waals surface area contributed by atoms with Gasteiger partial charge in [0.1, 0.15) is 0 Å². The van der Waals surface area contributed by atoms with Crippen LogP contribution in [0.3, 0.4) is 0 Å². The number of hydrogen-bond donors (Lipinski definition) is 0. The fourth-order valence-electron chi connectivity index (χ4n) is 4.16. The summed E-state index contributed by atoms with van der Waals surface area (Å²) < 4.78 is 5.87. The monoisotopic (exact) mass is 307 g/mol. The van der Waals surface area contributed by atoms with Gasteiger partial charge in [-0.25, -0.2) is 0 Å². The van der Waals surface area contributed by atoms with Crippen LogP contribution < -0.4 is 0 Å². The van der Waals surface area contributed by atoms with E-state index in [0.29, 0.717) is 5.92 Å². The largest absolute Gasteiger partial charge is 0.376 e. The molecule has 2 aromatic carbocycles. The van der Waals surface area contributed by atoms with Crippen LogP contribution in [0.4, 0.5) is 0 Å². The van der Waals surface area contributed by atoms with Crippen molar-refractivity contribution in [3.63, 3.8) is 0 Å². The SMILES string of the molecule is c1ccc(CN2CCC(C3COCc4ccccc43)CC2)cc1. The third-order valence-corrected chi connectivity index (χ3v) is 5.46. The number of benzene rings is 2. The molecule has 0 radical (unpaired) electrons. The van der Waals surface area contributed by atoms with E-state index in [9.17, 15) is 0 Å². The normalized spacial score (nSPS) is 22.7. The highest BCUT2D eigenvalue weighted by atomic mass is 16.5. The maximum absolute atomic E-state index is 5.87. The van der Waals surface area contributed by atoms with Gasteiger partial charge in [-0.1, -0.05) is 54.6 Å². The lowest BCUT2D eigenvalue weighted by molar-refractivity contribution is 0.0573. The van der Waals surface area contributed by atoms with E-state index >= 15 is 0 Å². The Bertz CT molecular complexity index is 631. The molecule has 4 rings (SSSR count). The van der Waals surface area contributed by atoms with Gasteiger partial charge in [0, 0.05) is 12.5 Å². The van der Waals surface area contributed by atoms with Crippen LogP contribution >= 0.6 is 0 Å². The van der Waals surface area contributed by atoms with Crippen molar-refractivity contribution in [2.45, 2.75) is 31.9 Å². The fraction of sp³-hybridized carbons (Fsp3) is 0.429. The molecule has 0 aromatic heterocycles. The van der Waals surface area contributed by atoms with Crippen LogP contribution in [0.1, 0.15) is 35.4 Å². The van der Waals surface area contributed by atoms with Crippen LogP contribution in [0, 0.1) is 5.92 Å². The zero-order valence-electron chi connectivity index (χ0n) is 13.7. The zero-order valence-corrected chi connectivity index (χ0v) is 13.7. The summed E-state index contributed by atoms with van der Waals surface area (Å²) in [6, 6.07) is 19.7. The first kappa shape index (κ1) is 14.9. The van der Waals surface area contributed by atoms with E-state index in [1.165, 1.54) is 37.1 Å². The van der Waals surface area contributed by atoms with Gasteiger partial charge in [-0.05, 0) is 48.5 Å². The molecule has 120 valence electrons. The van der Waals surface area contributed by atoms with Crippen LogP contribution in [0.2, 0.25) is 0 Å². The first-order valence-corrected chi connectivity index (χ1v) is 8.82. The van der Waals surface area contributed by atoms with Gasteiger partial charge < -0.3 is 4.74 Å². The Balaban J connectivity index is 1.39. The maximum atomic E-state index is 5.87. The number of nitrogens with zero attached hydrogens (tertiary/aromatic N) is 1. The zero-order chi connectivity index (χ0) is 15.5. The number of fused-ring (bicyclic) bond motifs is 1. The van der Waals surface area contributed by atoms with Gasteiger partial charge in [0.05, 0.1) is 13.2 Å². The van der Waals surface area contributed by atoms with Crippen LogP contribution in [0.15, 0.2) is 54.6 Å². The Morgan fingerprint density at radius 3 is 2.48 bits per heavy atom. The van der Waals surface area contributed by atoms with Crippen molar-refractivity contribution < 1.29 is 4.74 Å². The average Bonchev–Trinajstić information content (AvgIpc) is 2.63. The van der Waals surface area contributed by atoms with Crippen molar-refractivity contribution in [1.29, 1.82) is 0 Å². The minimum atomic E-state index is 0.596. The quantitative estimate of drug-likeness (QED) is 0.842. The second-order valence-corrected chi connectivity index (χ2v) is 6.92. The molecule has 0 aliphatic carbocycles. The molecular formula is C21H25NO. The summed E-state index contributed by atoms with van der Waals surface area (Å²) in [6.07, 6.45) is 2.57. The molecular weight excluding hydrogens is 282 g/mol. The molecule has 23 heavy (non-hydrogen) atoms. The highest BCUT2D eigenvalue weighted by Crippen LogP contribution is 2.37. The molecule has 1 fully saturated rings. The van der Waals surface area contributed by atoms with Crippen molar-refractivity contribution in [3.05, 3.63) is 71.3 Å². The van der Waals surface area contributed by atoms with Crippen molar-refractivity contribution in [2.75, 3.05) is 19.7 Å². The average molecular weight is 307 g/mol. The van der Waals surface area contributed by atoms with Gasteiger partial charge in [-0.2, -0.15) is 0 Å². The second kappa shape index (κ2) is 6.86. The highest BCUT2D eigenvalue weighted by molar-refractivity contribution is 5.32. The summed E-state index contributed by atoms with van der Waals surface area (Å²) in [5.41, 5.74) is 4.37. The maximum Gasteiger partial charge on any atom is 0.0719 e. The summed E-state index contributed by atoms with van der Waals surface area (Å²) in [5, 5.41) is 0. The van der Waals surface area contributed by atoms with E-state index in [1.807, 2.05) is 0 Å². The Morgan fingerprint density at radius 1 is 0.913 bits per heavy atom. The number of likely N-dealkylation sites (tertiary alicyclic amines) is 1. The Labute approximate surface area is 139 Å². The van der Waals surface area contributed by atoms with Crippen LogP contribution in [0.25, 0.3) is 0 Å². The number of piperidine rings is 1. The summed E-state index contributed by atoms with van der Waals surface area (Å²) in [5.74, 6) is 1.36.